The van der Waals surface area contributed by atoms with E-state index in [9.17, 15) is 85.9 Å². The van der Waals surface area contributed by atoms with E-state index in [0.29, 0.717) is 44.1 Å². The molecule has 0 radical (unpaired) electrons. The summed E-state index contributed by atoms with van der Waals surface area (Å²) in [5, 5.41) is 157. The van der Waals surface area contributed by atoms with Gasteiger partial charge in [0.1, 0.15) is 91.6 Å². The third kappa shape index (κ3) is 10.6. The van der Waals surface area contributed by atoms with Crippen molar-refractivity contribution in [3.8, 4) is 0 Å². The Morgan fingerprint density at radius 2 is 1.12 bits per heavy atom. The summed E-state index contributed by atoms with van der Waals surface area (Å²) < 4.78 is 68.7. The van der Waals surface area contributed by atoms with E-state index in [1.54, 1.807) is 19.9 Å². The average Bonchev–Trinajstić information content (AvgIpc) is 1.57. The highest BCUT2D eigenvalue weighted by molar-refractivity contribution is 5.87. The molecule has 89 heavy (non-hydrogen) atoms. The molecule has 28 nitrogen and oxygen atoms in total. The average molecular weight is 1280 g/mol. The molecule has 0 aromatic carbocycles. The molecule has 28 heteroatoms. The summed E-state index contributed by atoms with van der Waals surface area (Å²) in [7, 11) is 0. The van der Waals surface area contributed by atoms with Crippen molar-refractivity contribution >= 4 is 17.9 Å². The standard InChI is InChI=1S/C61H96O28/c1-12-23(2)49(77)88-46-47(80-25(4)64)61-30(19-55(46,5)6)60(89-54(61)78)18-14-29-57(9)16-15-32(56(7,8)28(57)13-17-58(29,10)59(60,11)20-31(61)65)83-53-45(87-51-40(73)37(70)34(67)26(21-62)81-51)42(41(74)43(85-53)48(75)76)84-52-44(38(71)35(68)27(22-63)82-52)86-50-39(72)36(69)33(66)24(3)79-50/h12,24,26-47,50-54,62-63,65-74,78H,13-22H2,1-11H3,(H,75,76). The summed E-state index contributed by atoms with van der Waals surface area (Å²) in [6.07, 6.45) is -39.2. The molecule has 1 spiro atoms. The van der Waals surface area contributed by atoms with Crippen molar-refractivity contribution in [3.05, 3.63) is 11.6 Å². The Hall–Kier alpha value is -2.73. The van der Waals surface area contributed by atoms with Crippen LogP contribution in [-0.2, 0) is 66.5 Å². The van der Waals surface area contributed by atoms with Gasteiger partial charge in [0.25, 0.3) is 0 Å². The highest BCUT2D eigenvalue weighted by Crippen LogP contribution is 2.82. The van der Waals surface area contributed by atoms with E-state index in [-0.39, 0.29) is 24.7 Å². The first-order chi connectivity index (χ1) is 41.5. The van der Waals surface area contributed by atoms with Gasteiger partial charge in [-0.1, -0.05) is 54.5 Å². The van der Waals surface area contributed by atoms with Crippen LogP contribution in [-0.4, -0.2) is 262 Å². The van der Waals surface area contributed by atoms with E-state index >= 15 is 0 Å². The number of fused-ring (bicyclic) bond motifs is 4. The summed E-state index contributed by atoms with van der Waals surface area (Å²) in [6.45, 7) is 18.6. The first-order valence-electron chi connectivity index (χ1n) is 31.3. The fourth-order valence-electron chi connectivity index (χ4n) is 19.0. The van der Waals surface area contributed by atoms with Gasteiger partial charge in [0.05, 0.1) is 42.5 Å². The molecule has 5 heterocycles. The Morgan fingerprint density at radius 3 is 1.73 bits per heavy atom. The number of hydrogen-bond donors (Lipinski definition) is 14. The zero-order valence-electron chi connectivity index (χ0n) is 52.3. The number of carbonyl (C=O) groups excluding carboxylic acids is 2. The monoisotopic (exact) mass is 1280 g/mol. The van der Waals surface area contributed by atoms with Crippen molar-refractivity contribution in [1.29, 1.82) is 0 Å². The molecule has 33 unspecified atom stereocenters. The van der Waals surface area contributed by atoms with Crippen molar-refractivity contribution in [2.45, 2.75) is 287 Å². The van der Waals surface area contributed by atoms with Crippen LogP contribution in [0, 0.1) is 50.2 Å². The van der Waals surface area contributed by atoms with Crippen LogP contribution in [0.4, 0.5) is 0 Å². The van der Waals surface area contributed by atoms with Gasteiger partial charge >= 0.3 is 17.9 Å². The third-order valence-electron chi connectivity index (χ3n) is 24.0. The molecule has 10 rings (SSSR count). The molecule has 10 fully saturated rings. The molecular formula is C61H96O28. The predicted molar refractivity (Wildman–Crippen MR) is 298 cm³/mol. The number of hydrogen-bond acceptors (Lipinski definition) is 27. The van der Waals surface area contributed by atoms with Crippen molar-refractivity contribution < 1.29 is 138 Å². The largest absolute Gasteiger partial charge is 0.479 e. The second-order valence-electron chi connectivity index (χ2n) is 29.2. The van der Waals surface area contributed by atoms with Crippen LogP contribution in [0.2, 0.25) is 0 Å². The van der Waals surface area contributed by atoms with Gasteiger partial charge in [-0.15, -0.1) is 0 Å². The highest BCUT2D eigenvalue weighted by atomic mass is 16.8. The maximum atomic E-state index is 13.5. The van der Waals surface area contributed by atoms with Gasteiger partial charge in [-0.25, -0.2) is 9.59 Å². The van der Waals surface area contributed by atoms with Gasteiger partial charge in [0, 0.05) is 29.2 Å². The van der Waals surface area contributed by atoms with Crippen molar-refractivity contribution in [3.63, 3.8) is 0 Å². The van der Waals surface area contributed by atoms with Crippen LogP contribution < -0.4 is 0 Å². The van der Waals surface area contributed by atoms with Crippen LogP contribution in [0.3, 0.4) is 0 Å². The Morgan fingerprint density at radius 1 is 0.562 bits per heavy atom. The highest BCUT2D eigenvalue weighted by Gasteiger charge is 2.86. The number of aliphatic hydroxyl groups excluding tert-OH is 13. The molecule has 10 aliphatic rings. The van der Waals surface area contributed by atoms with Crippen LogP contribution >= 0.6 is 0 Å². The van der Waals surface area contributed by atoms with Crippen LogP contribution in [0.5, 0.6) is 0 Å². The number of esters is 2. The summed E-state index contributed by atoms with van der Waals surface area (Å²) in [5.74, 6) is -3.82. The number of aliphatic hydroxyl groups is 13. The molecule has 33 atom stereocenters. The van der Waals surface area contributed by atoms with Gasteiger partial charge in [-0.05, 0) is 100 Å². The molecule has 5 saturated carbocycles. The van der Waals surface area contributed by atoms with Gasteiger partial charge in [0.2, 0.25) is 0 Å². The number of ether oxygens (including phenoxy) is 11. The Labute approximate surface area is 516 Å². The smallest absolute Gasteiger partial charge is 0.335 e. The molecule has 14 N–H and O–H groups in total. The van der Waals surface area contributed by atoms with Crippen LogP contribution in [0.1, 0.15) is 128 Å². The van der Waals surface area contributed by atoms with Crippen molar-refractivity contribution in [1.82, 2.24) is 0 Å². The van der Waals surface area contributed by atoms with E-state index in [0.717, 1.165) is 0 Å². The SMILES string of the molecule is CC=C(C)C(=O)OC1C(OC(C)=O)C23C(O)CC4(C)C5(C)CCC6C(C)(C)C(OC7OC(C(=O)O)C(O)C(OC8OC(CO)C(O)C(O)C8OC8OC(C)C(O)C(O)C8O)C7OC7OC(CO)C(O)C(O)C7O)CCC6(C)C5CCC4(OC2O)C3CC1(C)C. The molecule has 508 valence electrons. The predicted octanol–water partition coefficient (Wildman–Crippen LogP) is -1.88. The Kier molecular flexibility index (Phi) is 19.0. The molecule has 5 aliphatic heterocycles. The zero-order chi connectivity index (χ0) is 65.5. The number of carboxylic acid groups (broad SMARTS) is 1. The van der Waals surface area contributed by atoms with E-state index in [4.69, 9.17) is 52.1 Å². The molecule has 5 saturated heterocycles. The zero-order valence-corrected chi connectivity index (χ0v) is 52.3. The fourth-order valence-corrected chi connectivity index (χ4v) is 19.0. The lowest BCUT2D eigenvalue weighted by molar-refractivity contribution is -0.406. The number of carbonyl (C=O) groups is 3. The van der Waals surface area contributed by atoms with E-state index in [1.807, 2.05) is 27.7 Å². The summed E-state index contributed by atoms with van der Waals surface area (Å²) >= 11 is 0. The van der Waals surface area contributed by atoms with E-state index in [2.05, 4.69) is 20.8 Å². The van der Waals surface area contributed by atoms with Gasteiger partial charge in [-0.3, -0.25) is 4.79 Å². The van der Waals surface area contributed by atoms with Crippen molar-refractivity contribution in [2.75, 3.05) is 13.2 Å². The minimum Gasteiger partial charge on any atom is -0.479 e. The molecule has 0 aromatic rings. The first kappa shape index (κ1) is 69.1. The minimum atomic E-state index is -2.29. The van der Waals surface area contributed by atoms with E-state index in [1.165, 1.54) is 13.8 Å². The first-order valence-corrected chi connectivity index (χ1v) is 31.3. The molecule has 0 aromatic heterocycles. The lowest BCUT2D eigenvalue weighted by atomic mass is 9.30. The number of allylic oxidation sites excluding steroid dienone is 1. The lowest BCUT2D eigenvalue weighted by Crippen LogP contribution is -2.77. The minimum absolute atomic E-state index is 0.0551. The van der Waals surface area contributed by atoms with Crippen molar-refractivity contribution in [2.24, 2.45) is 50.2 Å². The lowest BCUT2D eigenvalue weighted by Gasteiger charge is -2.75. The third-order valence-corrected chi connectivity index (χ3v) is 24.0. The maximum Gasteiger partial charge on any atom is 0.335 e. The topological polar surface area (TPSA) is 436 Å². The molecule has 0 amide bonds. The number of carboxylic acids is 1. The number of aliphatic carboxylic acids is 1. The van der Waals surface area contributed by atoms with Gasteiger partial charge in [-0.2, -0.15) is 0 Å². The summed E-state index contributed by atoms with van der Waals surface area (Å²) in [4.78, 5) is 40.0. The van der Waals surface area contributed by atoms with Gasteiger partial charge in [0.15, 0.2) is 43.7 Å². The Balaban J connectivity index is 0.972. The number of rotatable bonds is 14. The second kappa shape index (κ2) is 24.5. The molecule has 2 bridgehead atoms. The van der Waals surface area contributed by atoms with E-state index < -0.39 is 229 Å². The summed E-state index contributed by atoms with van der Waals surface area (Å²) in [6, 6.07) is 0. The Bertz CT molecular complexity index is 2620. The second-order valence-corrected chi connectivity index (χ2v) is 29.2. The maximum absolute atomic E-state index is 13.5. The fraction of sp³-hybridized carbons (Fsp3) is 0.918. The summed E-state index contributed by atoms with van der Waals surface area (Å²) in [5.41, 5.74) is -5.88. The van der Waals surface area contributed by atoms with Crippen LogP contribution in [0.25, 0.3) is 0 Å². The quantitative estimate of drug-likeness (QED) is 0.0514. The van der Waals surface area contributed by atoms with Gasteiger partial charge < -0.3 is 124 Å². The molecule has 5 aliphatic carbocycles. The van der Waals surface area contributed by atoms with Crippen LogP contribution in [0.15, 0.2) is 11.6 Å². The normalized spacial score (nSPS) is 53.5. The molecular weight excluding hydrogens is 1180 g/mol.